The minimum Gasteiger partial charge on any atom is -0.337 e. The Kier molecular flexibility index (Phi) is 6.22. The Hall–Kier alpha value is -1.31. The summed E-state index contributed by atoms with van der Waals surface area (Å²) in [5.74, 6) is -0.168. The molecule has 1 heterocycles. The van der Waals surface area contributed by atoms with Crippen LogP contribution in [0.3, 0.4) is 0 Å². The molecule has 0 aromatic heterocycles. The molecule has 1 saturated heterocycles. The van der Waals surface area contributed by atoms with Crippen LogP contribution in [0.1, 0.15) is 22.3 Å². The predicted molar refractivity (Wildman–Crippen MR) is 90.3 cm³/mol. The van der Waals surface area contributed by atoms with E-state index in [0.29, 0.717) is 11.3 Å². The summed E-state index contributed by atoms with van der Waals surface area (Å²) >= 11 is 0. The van der Waals surface area contributed by atoms with Gasteiger partial charge < -0.3 is 10.2 Å². The molecule has 0 saturated carbocycles. The molecular weight excluding hydrogens is 326 g/mol. The maximum atomic E-state index is 12.7. The number of amides is 1. The number of carbonyl (C=O) groups is 1. The standard InChI is InChI=1S/C14H21N3O3S.ClH/c1-10-4-5-13(16-21(3,19)20)12(8-10)14(18)17(2)11-6-7-15-9-11;/h4-5,8,11,15-16H,6-7,9H2,1-3H3;1H. The average molecular weight is 348 g/mol. The fourth-order valence-electron chi connectivity index (χ4n) is 2.45. The quantitative estimate of drug-likeness (QED) is 0.858. The van der Waals surface area contributed by atoms with Crippen molar-refractivity contribution in [3.8, 4) is 0 Å². The minimum atomic E-state index is -3.42. The van der Waals surface area contributed by atoms with E-state index in [2.05, 4.69) is 10.0 Å². The van der Waals surface area contributed by atoms with Crippen molar-refractivity contribution < 1.29 is 13.2 Å². The van der Waals surface area contributed by atoms with Crippen molar-refractivity contribution in [1.82, 2.24) is 10.2 Å². The van der Waals surface area contributed by atoms with Gasteiger partial charge in [0.2, 0.25) is 10.0 Å². The topological polar surface area (TPSA) is 78.5 Å². The molecule has 1 aliphatic rings. The van der Waals surface area contributed by atoms with Gasteiger partial charge in [-0.05, 0) is 32.0 Å². The van der Waals surface area contributed by atoms with Crippen LogP contribution in [0.15, 0.2) is 18.2 Å². The second-order valence-corrected chi connectivity index (χ2v) is 7.23. The van der Waals surface area contributed by atoms with Gasteiger partial charge in [0, 0.05) is 19.6 Å². The number of nitrogens with zero attached hydrogens (tertiary/aromatic N) is 1. The molecule has 0 bridgehead atoms. The van der Waals surface area contributed by atoms with Crippen molar-refractivity contribution in [2.45, 2.75) is 19.4 Å². The molecule has 1 amide bonds. The number of nitrogens with one attached hydrogen (secondary N) is 2. The van der Waals surface area contributed by atoms with Crippen LogP contribution < -0.4 is 10.0 Å². The molecule has 22 heavy (non-hydrogen) atoms. The molecule has 6 nitrogen and oxygen atoms in total. The second-order valence-electron chi connectivity index (χ2n) is 5.49. The van der Waals surface area contributed by atoms with Crippen LogP contribution in [0.25, 0.3) is 0 Å². The molecule has 0 spiro atoms. The number of benzene rings is 1. The van der Waals surface area contributed by atoms with Crippen LogP contribution in [0.5, 0.6) is 0 Å². The third-order valence-electron chi connectivity index (χ3n) is 3.60. The highest BCUT2D eigenvalue weighted by molar-refractivity contribution is 7.92. The highest BCUT2D eigenvalue weighted by atomic mass is 35.5. The first kappa shape index (κ1) is 18.7. The number of hydrogen-bond acceptors (Lipinski definition) is 4. The van der Waals surface area contributed by atoms with Gasteiger partial charge in [-0.1, -0.05) is 11.6 Å². The van der Waals surface area contributed by atoms with E-state index in [1.807, 2.05) is 6.92 Å². The third-order valence-corrected chi connectivity index (χ3v) is 4.19. The SMILES string of the molecule is Cc1ccc(NS(C)(=O)=O)c(C(=O)N(C)C2CCNC2)c1.Cl. The van der Waals surface area contributed by atoms with Crippen molar-refractivity contribution >= 4 is 34.0 Å². The number of hydrogen-bond donors (Lipinski definition) is 2. The largest absolute Gasteiger partial charge is 0.337 e. The monoisotopic (exact) mass is 347 g/mol. The van der Waals surface area contributed by atoms with E-state index in [1.165, 1.54) is 0 Å². The van der Waals surface area contributed by atoms with E-state index in [4.69, 9.17) is 0 Å². The number of sulfonamides is 1. The van der Waals surface area contributed by atoms with Crippen molar-refractivity contribution in [2.75, 3.05) is 31.1 Å². The lowest BCUT2D eigenvalue weighted by molar-refractivity contribution is 0.0745. The zero-order valence-corrected chi connectivity index (χ0v) is 14.6. The van der Waals surface area contributed by atoms with Gasteiger partial charge in [-0.25, -0.2) is 8.42 Å². The van der Waals surface area contributed by atoms with Crippen LogP contribution in [0.2, 0.25) is 0 Å². The summed E-state index contributed by atoms with van der Waals surface area (Å²) in [5, 5.41) is 3.22. The number of carbonyl (C=O) groups excluding carboxylic acids is 1. The average Bonchev–Trinajstić information content (AvgIpc) is 2.91. The smallest absolute Gasteiger partial charge is 0.256 e. The molecular formula is C14H22ClN3O3S. The van der Waals surface area contributed by atoms with E-state index in [0.717, 1.165) is 31.3 Å². The molecule has 2 rings (SSSR count). The van der Waals surface area contributed by atoms with Crippen LogP contribution >= 0.6 is 12.4 Å². The summed E-state index contributed by atoms with van der Waals surface area (Å²) in [6.07, 6.45) is 1.98. The Morgan fingerprint density at radius 3 is 2.64 bits per heavy atom. The van der Waals surface area contributed by atoms with Crippen LogP contribution in [-0.4, -0.2) is 51.7 Å². The van der Waals surface area contributed by atoms with Gasteiger partial charge >= 0.3 is 0 Å². The molecule has 1 aromatic carbocycles. The molecule has 1 unspecified atom stereocenters. The molecule has 1 aliphatic heterocycles. The molecule has 124 valence electrons. The number of likely N-dealkylation sites (N-methyl/N-ethyl adjacent to an activating group) is 1. The lowest BCUT2D eigenvalue weighted by Gasteiger charge is -2.25. The minimum absolute atomic E-state index is 0. The van der Waals surface area contributed by atoms with E-state index in [1.54, 1.807) is 30.1 Å². The third kappa shape index (κ3) is 4.59. The normalized spacial score (nSPS) is 17.7. The van der Waals surface area contributed by atoms with Crippen molar-refractivity contribution in [2.24, 2.45) is 0 Å². The van der Waals surface area contributed by atoms with Gasteiger partial charge in [0.15, 0.2) is 0 Å². The van der Waals surface area contributed by atoms with Gasteiger partial charge in [-0.2, -0.15) is 0 Å². The predicted octanol–water partition coefficient (Wildman–Crippen LogP) is 1.22. The summed E-state index contributed by atoms with van der Waals surface area (Å²) in [6.45, 7) is 3.53. The van der Waals surface area contributed by atoms with Gasteiger partial charge in [0.05, 0.1) is 17.5 Å². The fraction of sp³-hybridized carbons (Fsp3) is 0.500. The van der Waals surface area contributed by atoms with Crippen molar-refractivity contribution in [3.05, 3.63) is 29.3 Å². The van der Waals surface area contributed by atoms with Gasteiger partial charge in [0.1, 0.15) is 0 Å². The lowest BCUT2D eigenvalue weighted by atomic mass is 10.1. The lowest BCUT2D eigenvalue weighted by Crippen LogP contribution is -2.38. The Morgan fingerprint density at radius 1 is 1.41 bits per heavy atom. The number of rotatable bonds is 4. The molecule has 0 aliphatic carbocycles. The van der Waals surface area contributed by atoms with Crippen LogP contribution in [0, 0.1) is 6.92 Å². The molecule has 8 heteroatoms. The first-order valence-electron chi connectivity index (χ1n) is 6.84. The Bertz CT molecular complexity index is 643. The van der Waals surface area contributed by atoms with Gasteiger partial charge in [-0.3, -0.25) is 9.52 Å². The maximum absolute atomic E-state index is 12.7. The first-order valence-corrected chi connectivity index (χ1v) is 8.73. The number of anilines is 1. The van der Waals surface area contributed by atoms with E-state index in [9.17, 15) is 13.2 Å². The first-order chi connectivity index (χ1) is 9.78. The summed E-state index contributed by atoms with van der Waals surface area (Å²) in [6, 6.07) is 5.27. The summed E-state index contributed by atoms with van der Waals surface area (Å²) in [5.41, 5.74) is 1.62. The summed E-state index contributed by atoms with van der Waals surface area (Å²) < 4.78 is 25.3. The van der Waals surface area contributed by atoms with E-state index < -0.39 is 10.0 Å². The highest BCUT2D eigenvalue weighted by Crippen LogP contribution is 2.21. The Morgan fingerprint density at radius 2 is 2.09 bits per heavy atom. The molecule has 2 N–H and O–H groups in total. The van der Waals surface area contributed by atoms with Crippen LogP contribution in [-0.2, 0) is 10.0 Å². The maximum Gasteiger partial charge on any atom is 0.256 e. The second kappa shape index (κ2) is 7.30. The van der Waals surface area contributed by atoms with Crippen molar-refractivity contribution in [1.29, 1.82) is 0 Å². The molecule has 1 fully saturated rings. The highest BCUT2D eigenvalue weighted by Gasteiger charge is 2.26. The molecule has 1 aromatic rings. The zero-order valence-electron chi connectivity index (χ0n) is 12.9. The molecule has 1 atom stereocenters. The van der Waals surface area contributed by atoms with E-state index in [-0.39, 0.29) is 24.4 Å². The molecule has 0 radical (unpaired) electrons. The van der Waals surface area contributed by atoms with Crippen LogP contribution in [0.4, 0.5) is 5.69 Å². The van der Waals surface area contributed by atoms with Crippen molar-refractivity contribution in [3.63, 3.8) is 0 Å². The number of aryl methyl sites for hydroxylation is 1. The van der Waals surface area contributed by atoms with E-state index >= 15 is 0 Å². The number of halogens is 1. The summed E-state index contributed by atoms with van der Waals surface area (Å²) in [7, 11) is -1.67. The fourth-order valence-corrected chi connectivity index (χ4v) is 3.03. The van der Waals surface area contributed by atoms with Gasteiger partial charge in [-0.15, -0.1) is 12.4 Å². The Labute approximate surface area is 137 Å². The summed E-state index contributed by atoms with van der Waals surface area (Å²) in [4.78, 5) is 14.3. The van der Waals surface area contributed by atoms with Gasteiger partial charge in [0.25, 0.3) is 5.91 Å². The Balaban J connectivity index is 0.00000242. The zero-order chi connectivity index (χ0) is 15.6.